The van der Waals surface area contributed by atoms with Gasteiger partial charge in [-0.1, -0.05) is 36.7 Å². The fourth-order valence-electron chi connectivity index (χ4n) is 4.23. The van der Waals surface area contributed by atoms with Crippen molar-refractivity contribution in [1.29, 1.82) is 0 Å². The molecule has 13 heteroatoms. The fourth-order valence-corrected chi connectivity index (χ4v) is 5.88. The van der Waals surface area contributed by atoms with Gasteiger partial charge in [0.1, 0.15) is 18.3 Å². The van der Waals surface area contributed by atoms with E-state index in [1.165, 1.54) is 55.3 Å². The van der Waals surface area contributed by atoms with Gasteiger partial charge in [-0.05, 0) is 75.2 Å². The zero-order valence-corrected chi connectivity index (χ0v) is 26.2. The standard InChI is InChI=1S/C30H35ClN4O7S/c1-6-21(3)32-30(37)22(4)33(18-23-8-7-9-24(31)16-23)29(36)19-34(25-11-13-26(42-5)14-12-25)43(40,41)27-15-10-20(2)28(17-27)35(38)39/h7-17,21-22H,6,18-19H2,1-5H3,(H,32,37). The van der Waals surface area contributed by atoms with Crippen LogP contribution in [-0.4, -0.2) is 55.8 Å². The molecule has 43 heavy (non-hydrogen) atoms. The van der Waals surface area contributed by atoms with Crippen LogP contribution in [0.2, 0.25) is 5.02 Å². The lowest BCUT2D eigenvalue weighted by molar-refractivity contribution is -0.385. The van der Waals surface area contributed by atoms with Crippen LogP contribution < -0.4 is 14.4 Å². The number of hydrogen-bond acceptors (Lipinski definition) is 7. The third kappa shape index (κ3) is 8.23. The van der Waals surface area contributed by atoms with Crippen LogP contribution in [0.25, 0.3) is 0 Å². The molecule has 0 aliphatic carbocycles. The molecule has 3 aromatic rings. The molecule has 230 valence electrons. The summed E-state index contributed by atoms with van der Waals surface area (Å²) in [7, 11) is -3.05. The first-order valence-corrected chi connectivity index (χ1v) is 15.4. The zero-order valence-electron chi connectivity index (χ0n) is 24.6. The van der Waals surface area contributed by atoms with E-state index in [0.29, 0.717) is 22.8 Å². The van der Waals surface area contributed by atoms with Crippen molar-refractivity contribution in [1.82, 2.24) is 10.2 Å². The summed E-state index contributed by atoms with van der Waals surface area (Å²) in [5.41, 5.74) is 0.665. The molecule has 0 radical (unpaired) electrons. The number of benzene rings is 3. The molecule has 0 fully saturated rings. The first-order chi connectivity index (χ1) is 20.3. The molecule has 2 amide bonds. The van der Waals surface area contributed by atoms with E-state index >= 15 is 0 Å². The van der Waals surface area contributed by atoms with Gasteiger partial charge in [0.2, 0.25) is 11.8 Å². The fraction of sp³-hybridized carbons (Fsp3) is 0.333. The second-order valence-corrected chi connectivity index (χ2v) is 12.4. The molecule has 0 saturated carbocycles. The maximum Gasteiger partial charge on any atom is 0.273 e. The van der Waals surface area contributed by atoms with E-state index in [1.54, 1.807) is 31.2 Å². The Labute approximate surface area is 256 Å². The third-order valence-corrected chi connectivity index (χ3v) is 9.02. The van der Waals surface area contributed by atoms with E-state index in [0.717, 1.165) is 10.4 Å². The number of nitro benzene ring substituents is 1. The van der Waals surface area contributed by atoms with Crippen molar-refractivity contribution >= 4 is 44.8 Å². The summed E-state index contributed by atoms with van der Waals surface area (Å²) in [6.45, 7) is 6.09. The van der Waals surface area contributed by atoms with Crippen LogP contribution in [-0.2, 0) is 26.2 Å². The van der Waals surface area contributed by atoms with Gasteiger partial charge in [-0.3, -0.25) is 24.0 Å². The van der Waals surface area contributed by atoms with Crippen molar-refractivity contribution < 1.29 is 27.7 Å². The molecule has 0 spiro atoms. The molecule has 0 aliphatic heterocycles. The first-order valence-electron chi connectivity index (χ1n) is 13.5. The Morgan fingerprint density at radius 1 is 1.07 bits per heavy atom. The zero-order chi connectivity index (χ0) is 31.9. The number of carbonyl (C=O) groups excluding carboxylic acids is 2. The molecule has 0 heterocycles. The molecule has 1 N–H and O–H groups in total. The number of aryl methyl sites for hydroxylation is 1. The smallest absolute Gasteiger partial charge is 0.273 e. The summed E-state index contributed by atoms with van der Waals surface area (Å²) in [6.07, 6.45) is 0.673. The summed E-state index contributed by atoms with van der Waals surface area (Å²) < 4.78 is 34.1. The van der Waals surface area contributed by atoms with E-state index in [2.05, 4.69) is 5.32 Å². The molecule has 3 rings (SSSR count). The number of nitrogens with zero attached hydrogens (tertiary/aromatic N) is 3. The Balaban J connectivity index is 2.09. The highest BCUT2D eigenvalue weighted by molar-refractivity contribution is 7.92. The molecule has 0 aromatic heterocycles. The summed E-state index contributed by atoms with van der Waals surface area (Å²) in [6, 6.07) is 15.2. The minimum atomic E-state index is -4.50. The molecule has 0 bridgehead atoms. The predicted octanol–water partition coefficient (Wildman–Crippen LogP) is 5.09. The highest BCUT2D eigenvalue weighted by Crippen LogP contribution is 2.29. The lowest BCUT2D eigenvalue weighted by Gasteiger charge is -2.32. The summed E-state index contributed by atoms with van der Waals surface area (Å²) in [4.78, 5) is 39.0. The number of halogens is 1. The summed E-state index contributed by atoms with van der Waals surface area (Å²) in [5.74, 6) is -0.623. The van der Waals surface area contributed by atoms with Gasteiger partial charge < -0.3 is 15.0 Å². The Kier molecular flexibility index (Phi) is 11.1. The first kappa shape index (κ1) is 33.3. The maximum absolute atomic E-state index is 14.0. The maximum atomic E-state index is 14.0. The van der Waals surface area contributed by atoms with Crippen molar-refractivity contribution in [3.05, 3.63) is 93.0 Å². The largest absolute Gasteiger partial charge is 0.497 e. The number of hydrogen-bond donors (Lipinski definition) is 1. The van der Waals surface area contributed by atoms with Gasteiger partial charge in [0.25, 0.3) is 15.7 Å². The van der Waals surface area contributed by atoms with Crippen LogP contribution in [0.15, 0.2) is 71.6 Å². The number of nitro groups is 1. The van der Waals surface area contributed by atoms with E-state index in [9.17, 15) is 28.1 Å². The number of carbonyl (C=O) groups is 2. The van der Waals surface area contributed by atoms with Gasteiger partial charge in [0.15, 0.2) is 0 Å². The Bertz CT molecular complexity index is 1580. The Hall–Kier alpha value is -4.16. The van der Waals surface area contributed by atoms with Crippen molar-refractivity contribution in [3.8, 4) is 5.75 Å². The highest BCUT2D eigenvalue weighted by atomic mass is 35.5. The van der Waals surface area contributed by atoms with Crippen LogP contribution in [0.1, 0.15) is 38.3 Å². The quantitative estimate of drug-likeness (QED) is 0.205. The van der Waals surface area contributed by atoms with E-state index in [1.807, 2.05) is 13.8 Å². The second kappa shape index (κ2) is 14.3. The Morgan fingerprint density at radius 3 is 2.33 bits per heavy atom. The number of methoxy groups -OCH3 is 1. The SMILES string of the molecule is CCC(C)NC(=O)C(C)N(Cc1cccc(Cl)c1)C(=O)CN(c1ccc(OC)cc1)S(=O)(=O)c1ccc(C)c([N+](=O)[O-])c1. The van der Waals surface area contributed by atoms with Crippen LogP contribution in [0.4, 0.5) is 11.4 Å². The van der Waals surface area contributed by atoms with Crippen LogP contribution >= 0.6 is 11.6 Å². The van der Waals surface area contributed by atoms with Crippen LogP contribution in [0.5, 0.6) is 5.75 Å². The van der Waals surface area contributed by atoms with Crippen molar-refractivity contribution in [2.75, 3.05) is 18.0 Å². The number of amides is 2. The summed E-state index contributed by atoms with van der Waals surface area (Å²) in [5, 5.41) is 14.9. The van der Waals surface area contributed by atoms with Gasteiger partial charge in [0.05, 0.1) is 22.6 Å². The molecular weight excluding hydrogens is 596 g/mol. The minimum absolute atomic E-state index is 0.0268. The average molecular weight is 631 g/mol. The van der Waals surface area contributed by atoms with Crippen LogP contribution in [0, 0.1) is 17.0 Å². The molecular formula is C30H35ClN4O7S. The number of nitrogens with one attached hydrogen (secondary N) is 1. The van der Waals surface area contributed by atoms with Gasteiger partial charge in [-0.25, -0.2) is 8.42 Å². The van der Waals surface area contributed by atoms with Gasteiger partial charge in [-0.2, -0.15) is 0 Å². The number of ether oxygens (including phenoxy) is 1. The second-order valence-electron chi connectivity index (χ2n) is 10.1. The lowest BCUT2D eigenvalue weighted by Crippen LogP contribution is -2.52. The van der Waals surface area contributed by atoms with Crippen molar-refractivity contribution in [3.63, 3.8) is 0 Å². The van der Waals surface area contributed by atoms with Crippen LogP contribution in [0.3, 0.4) is 0 Å². The van der Waals surface area contributed by atoms with E-state index in [-0.39, 0.29) is 34.4 Å². The van der Waals surface area contributed by atoms with Gasteiger partial charge >= 0.3 is 0 Å². The monoisotopic (exact) mass is 630 g/mol. The molecule has 3 aromatic carbocycles. The molecule has 2 unspecified atom stereocenters. The molecule has 0 aliphatic rings. The van der Waals surface area contributed by atoms with Gasteiger partial charge in [-0.15, -0.1) is 0 Å². The van der Waals surface area contributed by atoms with E-state index in [4.69, 9.17) is 16.3 Å². The normalized spacial score (nSPS) is 12.6. The number of rotatable bonds is 13. The van der Waals surface area contributed by atoms with Gasteiger partial charge in [0, 0.05) is 29.2 Å². The lowest BCUT2D eigenvalue weighted by atomic mass is 10.1. The highest BCUT2D eigenvalue weighted by Gasteiger charge is 2.33. The average Bonchev–Trinajstić information content (AvgIpc) is 2.98. The van der Waals surface area contributed by atoms with E-state index < -0.39 is 39.3 Å². The minimum Gasteiger partial charge on any atom is -0.497 e. The number of anilines is 1. The Morgan fingerprint density at radius 2 is 1.74 bits per heavy atom. The molecule has 2 atom stereocenters. The predicted molar refractivity (Wildman–Crippen MR) is 165 cm³/mol. The number of sulfonamides is 1. The third-order valence-electron chi connectivity index (χ3n) is 7.01. The van der Waals surface area contributed by atoms with Crippen molar-refractivity contribution in [2.45, 2.75) is 57.6 Å². The topological polar surface area (TPSA) is 139 Å². The molecule has 11 nitrogen and oxygen atoms in total. The van der Waals surface area contributed by atoms with Crippen molar-refractivity contribution in [2.24, 2.45) is 0 Å². The summed E-state index contributed by atoms with van der Waals surface area (Å²) >= 11 is 6.17. The molecule has 0 saturated heterocycles.